The minimum Gasteiger partial charge on any atom is -0.478 e. The van der Waals surface area contributed by atoms with E-state index in [1.165, 1.54) is 7.05 Å². The van der Waals surface area contributed by atoms with E-state index in [0.717, 1.165) is 4.68 Å². The number of alkyl halides is 2. The van der Waals surface area contributed by atoms with Crippen molar-refractivity contribution in [3.63, 3.8) is 0 Å². The van der Waals surface area contributed by atoms with Crippen molar-refractivity contribution in [2.24, 2.45) is 7.05 Å². The highest BCUT2D eigenvalue weighted by Crippen LogP contribution is 2.27. The van der Waals surface area contributed by atoms with Gasteiger partial charge >= 0.3 is 5.97 Å². The molecule has 1 N–H and O–H groups in total. The monoisotopic (exact) mass is 210 g/mol. The molecule has 4 nitrogen and oxygen atoms in total. The molecule has 0 saturated carbocycles. The summed E-state index contributed by atoms with van der Waals surface area (Å²) >= 11 is 5.34. The van der Waals surface area contributed by atoms with Gasteiger partial charge < -0.3 is 5.11 Å². The molecule has 0 unspecified atom stereocenters. The van der Waals surface area contributed by atoms with E-state index in [0.29, 0.717) is 0 Å². The first-order chi connectivity index (χ1) is 5.95. The SMILES string of the molecule is Cn1nc(Cl)c(C(=O)O)c1C(F)F. The summed E-state index contributed by atoms with van der Waals surface area (Å²) in [4.78, 5) is 10.5. The zero-order chi connectivity index (χ0) is 10.2. The van der Waals surface area contributed by atoms with Crippen LogP contribution < -0.4 is 0 Å². The van der Waals surface area contributed by atoms with Gasteiger partial charge in [0.25, 0.3) is 6.43 Å². The van der Waals surface area contributed by atoms with Gasteiger partial charge in [0.2, 0.25) is 0 Å². The van der Waals surface area contributed by atoms with E-state index in [-0.39, 0.29) is 0 Å². The Bertz CT molecular complexity index is 351. The molecule has 1 aromatic rings. The number of carboxylic acids is 1. The van der Waals surface area contributed by atoms with Crippen molar-refractivity contribution in [2.75, 3.05) is 0 Å². The minimum absolute atomic E-state index is 0.426. The van der Waals surface area contributed by atoms with Crippen molar-refractivity contribution < 1.29 is 18.7 Å². The second-order valence-electron chi connectivity index (χ2n) is 2.28. The molecule has 0 aliphatic rings. The zero-order valence-corrected chi connectivity index (χ0v) is 7.22. The summed E-state index contributed by atoms with van der Waals surface area (Å²) in [6, 6.07) is 0. The largest absolute Gasteiger partial charge is 0.478 e. The van der Waals surface area contributed by atoms with E-state index in [9.17, 15) is 13.6 Å². The van der Waals surface area contributed by atoms with Gasteiger partial charge in [-0.05, 0) is 0 Å². The van der Waals surface area contributed by atoms with Gasteiger partial charge in [-0.3, -0.25) is 4.68 Å². The molecule has 7 heteroatoms. The van der Waals surface area contributed by atoms with Gasteiger partial charge in [-0.25, -0.2) is 13.6 Å². The lowest BCUT2D eigenvalue weighted by Gasteiger charge is -2.00. The van der Waals surface area contributed by atoms with Crippen LogP contribution in [-0.2, 0) is 7.05 Å². The lowest BCUT2D eigenvalue weighted by atomic mass is 10.2. The third-order valence-corrected chi connectivity index (χ3v) is 1.73. The molecule has 0 spiro atoms. The topological polar surface area (TPSA) is 55.1 Å². The van der Waals surface area contributed by atoms with Crippen molar-refractivity contribution in [1.82, 2.24) is 9.78 Å². The van der Waals surface area contributed by atoms with Crippen LogP contribution in [0.4, 0.5) is 8.78 Å². The first kappa shape index (κ1) is 9.91. The van der Waals surface area contributed by atoms with E-state index in [1.807, 2.05) is 0 Å². The molecule has 0 amide bonds. The van der Waals surface area contributed by atoms with E-state index < -0.39 is 28.8 Å². The van der Waals surface area contributed by atoms with Crippen LogP contribution in [0.15, 0.2) is 0 Å². The Morgan fingerprint density at radius 2 is 2.23 bits per heavy atom. The third kappa shape index (κ3) is 1.62. The van der Waals surface area contributed by atoms with E-state index in [1.54, 1.807) is 0 Å². The van der Waals surface area contributed by atoms with Gasteiger partial charge in [0.15, 0.2) is 5.15 Å². The van der Waals surface area contributed by atoms with Crippen LogP contribution in [0, 0.1) is 0 Å². The molecule has 0 aliphatic carbocycles. The van der Waals surface area contributed by atoms with Gasteiger partial charge in [0.05, 0.1) is 0 Å². The van der Waals surface area contributed by atoms with E-state index in [2.05, 4.69) is 5.10 Å². The molecule has 72 valence electrons. The summed E-state index contributed by atoms with van der Waals surface area (Å²) in [6.45, 7) is 0. The summed E-state index contributed by atoms with van der Waals surface area (Å²) in [7, 11) is 1.21. The highest BCUT2D eigenvalue weighted by Gasteiger charge is 2.26. The predicted molar refractivity (Wildman–Crippen MR) is 40.1 cm³/mol. The molecule has 0 aromatic carbocycles. The van der Waals surface area contributed by atoms with Gasteiger partial charge in [-0.1, -0.05) is 11.6 Å². The second-order valence-corrected chi connectivity index (χ2v) is 2.64. The van der Waals surface area contributed by atoms with E-state index in [4.69, 9.17) is 16.7 Å². The molecule has 0 bridgehead atoms. The number of hydrogen-bond acceptors (Lipinski definition) is 2. The van der Waals surface area contributed by atoms with Crippen LogP contribution in [-0.4, -0.2) is 20.9 Å². The number of rotatable bonds is 2. The average molecular weight is 211 g/mol. The van der Waals surface area contributed by atoms with Gasteiger partial charge in [0, 0.05) is 7.05 Å². The fourth-order valence-electron chi connectivity index (χ4n) is 0.951. The Labute approximate surface area is 76.7 Å². The number of aryl methyl sites for hydroxylation is 1. The fraction of sp³-hybridized carbons (Fsp3) is 0.333. The van der Waals surface area contributed by atoms with Crippen LogP contribution in [0.5, 0.6) is 0 Å². The van der Waals surface area contributed by atoms with Crippen LogP contribution in [0.25, 0.3) is 0 Å². The number of nitrogens with zero attached hydrogens (tertiary/aromatic N) is 2. The lowest BCUT2D eigenvalue weighted by molar-refractivity contribution is 0.0682. The van der Waals surface area contributed by atoms with Gasteiger partial charge in [0.1, 0.15) is 11.3 Å². The maximum atomic E-state index is 12.3. The number of aromatic nitrogens is 2. The van der Waals surface area contributed by atoms with Crippen molar-refractivity contribution >= 4 is 17.6 Å². The molecule has 1 rings (SSSR count). The van der Waals surface area contributed by atoms with Gasteiger partial charge in [-0.2, -0.15) is 5.10 Å². The Hall–Kier alpha value is -1.17. The summed E-state index contributed by atoms with van der Waals surface area (Å²) in [5.74, 6) is -1.51. The molecule has 1 heterocycles. The molecule has 13 heavy (non-hydrogen) atoms. The second kappa shape index (κ2) is 3.29. The normalized spacial score (nSPS) is 10.8. The maximum Gasteiger partial charge on any atom is 0.341 e. The molecule has 0 radical (unpaired) electrons. The number of halogens is 3. The van der Waals surface area contributed by atoms with Crippen LogP contribution in [0.2, 0.25) is 5.15 Å². The quantitative estimate of drug-likeness (QED) is 0.809. The molecule has 1 aromatic heterocycles. The summed E-state index contributed by atoms with van der Waals surface area (Å²) < 4.78 is 25.3. The minimum atomic E-state index is -2.91. The number of hydrogen-bond donors (Lipinski definition) is 1. The molecular formula is C6H5ClF2N2O2. The predicted octanol–water partition coefficient (Wildman–Crippen LogP) is 1.71. The Morgan fingerprint density at radius 3 is 2.54 bits per heavy atom. The van der Waals surface area contributed by atoms with Crippen LogP contribution in [0.3, 0.4) is 0 Å². The van der Waals surface area contributed by atoms with Gasteiger partial charge in [-0.15, -0.1) is 0 Å². The summed E-state index contributed by atoms with van der Waals surface area (Å²) in [6.07, 6.45) is -2.91. The smallest absolute Gasteiger partial charge is 0.341 e. The molecule has 0 aliphatic heterocycles. The molecule has 0 saturated heterocycles. The molecule has 0 atom stereocenters. The number of carboxylic acid groups (broad SMARTS) is 1. The highest BCUT2D eigenvalue weighted by molar-refractivity contribution is 6.32. The highest BCUT2D eigenvalue weighted by atomic mass is 35.5. The van der Waals surface area contributed by atoms with Crippen LogP contribution >= 0.6 is 11.6 Å². The maximum absolute atomic E-state index is 12.3. The molecular weight excluding hydrogens is 206 g/mol. The summed E-state index contributed by atoms with van der Waals surface area (Å²) in [5, 5.41) is 11.5. The van der Waals surface area contributed by atoms with Crippen molar-refractivity contribution in [3.8, 4) is 0 Å². The summed E-state index contributed by atoms with van der Waals surface area (Å²) in [5.41, 5.74) is -1.32. The first-order valence-electron chi connectivity index (χ1n) is 3.19. The van der Waals surface area contributed by atoms with E-state index >= 15 is 0 Å². The Balaban J connectivity index is 3.38. The van der Waals surface area contributed by atoms with Crippen LogP contribution in [0.1, 0.15) is 22.5 Å². The Morgan fingerprint density at radius 1 is 1.69 bits per heavy atom. The van der Waals surface area contributed by atoms with Crippen molar-refractivity contribution in [2.45, 2.75) is 6.43 Å². The third-order valence-electron chi connectivity index (χ3n) is 1.47. The lowest BCUT2D eigenvalue weighted by Crippen LogP contribution is -2.05. The zero-order valence-electron chi connectivity index (χ0n) is 6.46. The average Bonchev–Trinajstić information content (AvgIpc) is 2.24. The first-order valence-corrected chi connectivity index (χ1v) is 3.56. The van der Waals surface area contributed by atoms with Crippen molar-refractivity contribution in [1.29, 1.82) is 0 Å². The fourth-order valence-corrected chi connectivity index (χ4v) is 1.24. The standard InChI is InChI=1S/C6H5ClF2N2O2/c1-11-3(5(8)9)2(6(12)13)4(7)10-11/h5H,1H3,(H,12,13). The number of carbonyl (C=O) groups is 1. The Kier molecular flexibility index (Phi) is 2.51. The molecule has 0 fully saturated rings. The number of aromatic carboxylic acids is 1. The van der Waals surface area contributed by atoms with Crippen molar-refractivity contribution in [3.05, 3.63) is 16.4 Å².